The lowest BCUT2D eigenvalue weighted by atomic mass is 9.74. The number of piperidine rings is 1. The van der Waals surface area contributed by atoms with Crippen LogP contribution in [-0.2, 0) is 19.7 Å². The van der Waals surface area contributed by atoms with Gasteiger partial charge in [-0.3, -0.25) is 19.3 Å². The highest BCUT2D eigenvalue weighted by Gasteiger charge is 2.41. The Balaban J connectivity index is 1.27. The molecule has 0 radical (unpaired) electrons. The van der Waals surface area contributed by atoms with E-state index in [2.05, 4.69) is 57.1 Å². The molecule has 0 saturated carbocycles. The summed E-state index contributed by atoms with van der Waals surface area (Å²) < 4.78 is 10.4. The number of nitrogens with zero attached hydrogens (tertiary/aromatic N) is 3. The van der Waals surface area contributed by atoms with Crippen LogP contribution in [0, 0.1) is 5.92 Å². The van der Waals surface area contributed by atoms with Crippen LogP contribution in [0.15, 0.2) is 47.1 Å². The van der Waals surface area contributed by atoms with Gasteiger partial charge in [-0.15, -0.1) is 0 Å². The van der Waals surface area contributed by atoms with Gasteiger partial charge in [0, 0.05) is 44.2 Å². The molecule has 3 amide bonds. The summed E-state index contributed by atoms with van der Waals surface area (Å²) in [6, 6.07) is 8.35. The molecule has 3 atom stereocenters. The molecule has 10 heteroatoms. The summed E-state index contributed by atoms with van der Waals surface area (Å²) in [6.45, 7) is 7.98. The molecule has 3 heterocycles. The maximum Gasteiger partial charge on any atom is 0.290 e. The van der Waals surface area contributed by atoms with Crippen molar-refractivity contribution in [3.63, 3.8) is 0 Å². The van der Waals surface area contributed by atoms with Gasteiger partial charge in [0.05, 0.1) is 19.4 Å². The number of morpholine rings is 1. The van der Waals surface area contributed by atoms with E-state index in [1.807, 2.05) is 18.7 Å². The van der Waals surface area contributed by atoms with Crippen LogP contribution in [-0.4, -0.2) is 90.7 Å². The number of nitrogens with one attached hydrogen (secondary N) is 2. The number of carbonyl (C=O) groups excluding carboxylic acids is 3. The third-order valence-electron chi connectivity index (χ3n) is 8.65. The molecule has 1 aromatic carbocycles. The number of hydrogen-bond acceptors (Lipinski definition) is 7. The molecule has 0 bridgehead atoms. The van der Waals surface area contributed by atoms with E-state index in [4.69, 9.17) is 9.26 Å². The molecule has 1 spiro atoms. The highest BCUT2D eigenvalue weighted by atomic mass is 16.5. The normalized spacial score (nSPS) is 20.5. The Morgan fingerprint density at radius 2 is 1.80 bits per heavy atom. The second-order valence-electron chi connectivity index (χ2n) is 11.1. The molecule has 2 aliphatic heterocycles. The Morgan fingerprint density at radius 1 is 1.05 bits per heavy atom. The van der Waals surface area contributed by atoms with Crippen molar-refractivity contribution in [3.05, 3.63) is 59.5 Å². The molecule has 2 saturated heterocycles. The predicted octanol–water partition coefficient (Wildman–Crippen LogP) is 2.22. The molecule has 2 fully saturated rings. The fourth-order valence-corrected chi connectivity index (χ4v) is 5.93. The topological polar surface area (TPSA) is 117 Å². The molecule has 1 aromatic heterocycles. The van der Waals surface area contributed by atoms with Crippen molar-refractivity contribution in [2.45, 2.75) is 50.6 Å². The van der Waals surface area contributed by atoms with Gasteiger partial charge in [-0.2, -0.15) is 0 Å². The second-order valence-corrected chi connectivity index (χ2v) is 11.1. The number of fused-ring (bicyclic) bond motifs is 2. The van der Waals surface area contributed by atoms with E-state index in [-0.39, 0.29) is 28.9 Å². The summed E-state index contributed by atoms with van der Waals surface area (Å²) in [5.74, 6) is -1.03. The maximum atomic E-state index is 13.9. The van der Waals surface area contributed by atoms with Crippen LogP contribution < -0.4 is 10.6 Å². The molecular weight excluding hydrogens is 510 g/mol. The Labute approximate surface area is 235 Å². The Kier molecular flexibility index (Phi) is 8.66. The smallest absolute Gasteiger partial charge is 0.290 e. The fourth-order valence-electron chi connectivity index (χ4n) is 5.93. The number of likely N-dealkylation sites (tertiary alicyclic amines) is 1. The lowest BCUT2D eigenvalue weighted by Gasteiger charge is -2.41. The lowest BCUT2D eigenvalue weighted by Crippen LogP contribution is -2.60. The highest BCUT2D eigenvalue weighted by Crippen LogP contribution is 2.43. The zero-order chi connectivity index (χ0) is 28.1. The van der Waals surface area contributed by atoms with E-state index in [0.717, 1.165) is 19.3 Å². The average Bonchev–Trinajstić information content (AvgIpc) is 3.65. The van der Waals surface area contributed by atoms with Crippen LogP contribution in [0.5, 0.6) is 0 Å². The molecule has 10 nitrogen and oxygen atoms in total. The van der Waals surface area contributed by atoms with Gasteiger partial charge < -0.3 is 24.8 Å². The predicted molar refractivity (Wildman–Crippen MR) is 149 cm³/mol. The van der Waals surface area contributed by atoms with E-state index in [1.165, 1.54) is 23.4 Å². The molecule has 1 unspecified atom stereocenters. The van der Waals surface area contributed by atoms with Gasteiger partial charge in [0.1, 0.15) is 12.1 Å². The second kappa shape index (κ2) is 12.3. The average molecular weight is 550 g/mol. The van der Waals surface area contributed by atoms with Crippen LogP contribution >= 0.6 is 0 Å². The van der Waals surface area contributed by atoms with E-state index in [1.54, 1.807) is 0 Å². The number of rotatable bonds is 9. The van der Waals surface area contributed by atoms with Crippen molar-refractivity contribution in [1.29, 1.82) is 0 Å². The van der Waals surface area contributed by atoms with E-state index in [9.17, 15) is 14.4 Å². The Bertz CT molecular complexity index is 1210. The van der Waals surface area contributed by atoms with Gasteiger partial charge >= 0.3 is 0 Å². The Hall–Kier alpha value is -3.50. The quantitative estimate of drug-likeness (QED) is 0.493. The zero-order valence-electron chi connectivity index (χ0n) is 23.3. The number of amides is 3. The number of carbonyl (C=O) groups is 3. The molecule has 1 aliphatic carbocycles. The van der Waals surface area contributed by atoms with Gasteiger partial charge in [0.25, 0.3) is 5.91 Å². The molecule has 5 rings (SSSR count). The molecule has 2 aromatic rings. The Morgan fingerprint density at radius 3 is 2.50 bits per heavy atom. The number of aromatic nitrogens is 1. The summed E-state index contributed by atoms with van der Waals surface area (Å²) in [5.41, 5.74) is 2.56. The van der Waals surface area contributed by atoms with Crippen molar-refractivity contribution in [2.24, 2.45) is 5.92 Å². The number of hydrogen-bond donors (Lipinski definition) is 2. The monoisotopic (exact) mass is 549 g/mol. The van der Waals surface area contributed by atoms with Crippen molar-refractivity contribution in [2.75, 3.05) is 45.9 Å². The van der Waals surface area contributed by atoms with Gasteiger partial charge in [-0.25, -0.2) is 0 Å². The summed E-state index contributed by atoms with van der Waals surface area (Å²) in [4.78, 5) is 44.3. The van der Waals surface area contributed by atoms with Crippen molar-refractivity contribution >= 4 is 23.8 Å². The number of ether oxygens (including phenoxy) is 1. The first-order valence-corrected chi connectivity index (χ1v) is 14.3. The standard InChI is InChI=1S/C30H39N5O5/c1-3-21(2)26(29(38)35-14-11-30(12-15-35)10-8-22-6-4-5-7-23(22)30)33-27(36)24(20-34-16-18-39-19-17-34)32-28(37)25-9-13-31-40-25/h4-10,13,21,24,26H,3,11-12,14-20H2,1-2H3,(H,32,37)(H,33,36)/t21-,24?,26-/m0/s1. The maximum absolute atomic E-state index is 13.9. The molecule has 3 aliphatic rings. The SMILES string of the molecule is CC[C@H](C)[C@H](NC(=O)C(CN1CCOCC1)NC(=O)c1ccno1)C(=O)N1CCC2(C=Cc3ccccc32)CC1. The fraction of sp³-hybridized carbons (Fsp3) is 0.533. The van der Waals surface area contributed by atoms with E-state index in [0.29, 0.717) is 45.9 Å². The minimum Gasteiger partial charge on any atom is -0.379 e. The van der Waals surface area contributed by atoms with Gasteiger partial charge in [0.15, 0.2) is 0 Å². The van der Waals surface area contributed by atoms with E-state index < -0.39 is 18.0 Å². The minimum absolute atomic E-state index is 0.0270. The largest absolute Gasteiger partial charge is 0.379 e. The summed E-state index contributed by atoms with van der Waals surface area (Å²) >= 11 is 0. The molecular formula is C30H39N5O5. The highest BCUT2D eigenvalue weighted by molar-refractivity contribution is 5.96. The van der Waals surface area contributed by atoms with Gasteiger partial charge in [0.2, 0.25) is 17.6 Å². The lowest BCUT2D eigenvalue weighted by molar-refractivity contribution is -0.139. The van der Waals surface area contributed by atoms with Crippen LogP contribution in [0.4, 0.5) is 0 Å². The van der Waals surface area contributed by atoms with Crippen LogP contribution in [0.2, 0.25) is 0 Å². The summed E-state index contributed by atoms with van der Waals surface area (Å²) in [6.07, 6.45) is 8.29. The van der Waals surface area contributed by atoms with Gasteiger partial charge in [-0.05, 0) is 29.9 Å². The first-order valence-electron chi connectivity index (χ1n) is 14.3. The van der Waals surface area contributed by atoms with E-state index >= 15 is 0 Å². The first kappa shape index (κ1) is 28.0. The first-order chi connectivity index (χ1) is 19.4. The molecule has 214 valence electrons. The van der Waals surface area contributed by atoms with Crippen LogP contribution in [0.25, 0.3) is 6.08 Å². The van der Waals surface area contributed by atoms with Crippen molar-refractivity contribution < 1.29 is 23.6 Å². The van der Waals surface area contributed by atoms with Crippen molar-refractivity contribution in [3.8, 4) is 0 Å². The number of allylic oxidation sites excluding steroid dienone is 1. The van der Waals surface area contributed by atoms with Crippen molar-refractivity contribution in [1.82, 2.24) is 25.6 Å². The zero-order valence-corrected chi connectivity index (χ0v) is 23.3. The van der Waals surface area contributed by atoms with Crippen LogP contribution in [0.3, 0.4) is 0 Å². The summed E-state index contributed by atoms with van der Waals surface area (Å²) in [7, 11) is 0. The van der Waals surface area contributed by atoms with Gasteiger partial charge in [-0.1, -0.05) is 61.8 Å². The third kappa shape index (κ3) is 5.97. The third-order valence-corrected chi connectivity index (χ3v) is 8.65. The summed E-state index contributed by atoms with van der Waals surface area (Å²) in [5, 5.41) is 9.40. The number of benzene rings is 1. The molecule has 2 N–H and O–H groups in total. The van der Waals surface area contributed by atoms with Crippen LogP contribution in [0.1, 0.15) is 54.8 Å². The minimum atomic E-state index is -0.875. The molecule has 40 heavy (non-hydrogen) atoms.